The lowest BCUT2D eigenvalue weighted by Crippen LogP contribution is -1.90. The van der Waals surface area contributed by atoms with Gasteiger partial charge in [0.1, 0.15) is 0 Å². The van der Waals surface area contributed by atoms with Crippen molar-refractivity contribution in [3.63, 3.8) is 0 Å². The monoisotopic (exact) mass is 194 g/mol. The van der Waals surface area contributed by atoms with Crippen LogP contribution in [0.4, 0.5) is 5.69 Å². The van der Waals surface area contributed by atoms with E-state index >= 15 is 0 Å². The SMILES string of the molecule is CNc1cccc2cccnc12.Cl. The first-order valence-corrected chi connectivity index (χ1v) is 3.93. The van der Waals surface area contributed by atoms with Gasteiger partial charge in [-0.15, -0.1) is 12.4 Å². The molecule has 1 heterocycles. The van der Waals surface area contributed by atoms with Crippen LogP contribution in [0.15, 0.2) is 36.5 Å². The fourth-order valence-electron chi connectivity index (χ4n) is 1.31. The van der Waals surface area contributed by atoms with Gasteiger partial charge in [0, 0.05) is 18.6 Å². The number of nitrogens with one attached hydrogen (secondary N) is 1. The molecule has 0 saturated heterocycles. The zero-order chi connectivity index (χ0) is 8.39. The van der Waals surface area contributed by atoms with Gasteiger partial charge in [-0.1, -0.05) is 18.2 Å². The van der Waals surface area contributed by atoms with Crippen LogP contribution in [0, 0.1) is 0 Å². The third kappa shape index (κ3) is 1.73. The normalized spacial score (nSPS) is 9.31. The quantitative estimate of drug-likeness (QED) is 0.755. The zero-order valence-electron chi connectivity index (χ0n) is 7.32. The highest BCUT2D eigenvalue weighted by molar-refractivity contribution is 5.89. The van der Waals surface area contributed by atoms with Gasteiger partial charge >= 0.3 is 0 Å². The first kappa shape index (κ1) is 9.81. The van der Waals surface area contributed by atoms with Gasteiger partial charge in [-0.25, -0.2) is 0 Å². The Labute approximate surface area is 83.4 Å². The summed E-state index contributed by atoms with van der Waals surface area (Å²) in [6, 6.07) is 10.1. The summed E-state index contributed by atoms with van der Waals surface area (Å²) in [5, 5.41) is 4.28. The maximum atomic E-state index is 4.29. The van der Waals surface area contributed by atoms with Crippen LogP contribution >= 0.6 is 12.4 Å². The Hall–Kier alpha value is -1.28. The molecule has 0 aliphatic heterocycles. The van der Waals surface area contributed by atoms with Gasteiger partial charge in [-0.2, -0.15) is 0 Å². The fourth-order valence-corrected chi connectivity index (χ4v) is 1.31. The molecule has 3 heteroatoms. The lowest BCUT2D eigenvalue weighted by molar-refractivity contribution is 1.39. The summed E-state index contributed by atoms with van der Waals surface area (Å²) in [6.07, 6.45) is 1.81. The van der Waals surface area contributed by atoms with E-state index in [1.807, 2.05) is 31.4 Å². The van der Waals surface area contributed by atoms with E-state index in [0.717, 1.165) is 11.2 Å². The summed E-state index contributed by atoms with van der Waals surface area (Å²) < 4.78 is 0. The summed E-state index contributed by atoms with van der Waals surface area (Å²) in [5.41, 5.74) is 2.11. The van der Waals surface area contributed by atoms with E-state index in [0.29, 0.717) is 0 Å². The van der Waals surface area contributed by atoms with E-state index in [9.17, 15) is 0 Å². The lowest BCUT2D eigenvalue weighted by Gasteiger charge is -2.02. The van der Waals surface area contributed by atoms with Gasteiger partial charge in [0.2, 0.25) is 0 Å². The van der Waals surface area contributed by atoms with E-state index in [-0.39, 0.29) is 12.4 Å². The van der Waals surface area contributed by atoms with Gasteiger partial charge in [0.25, 0.3) is 0 Å². The maximum absolute atomic E-state index is 4.29. The number of halogens is 1. The van der Waals surface area contributed by atoms with Crippen molar-refractivity contribution in [3.8, 4) is 0 Å². The first-order valence-electron chi connectivity index (χ1n) is 3.93. The van der Waals surface area contributed by atoms with Crippen molar-refractivity contribution in [2.24, 2.45) is 0 Å². The fraction of sp³-hybridized carbons (Fsp3) is 0.100. The van der Waals surface area contributed by atoms with Crippen molar-refractivity contribution in [1.29, 1.82) is 0 Å². The van der Waals surface area contributed by atoms with E-state index in [1.165, 1.54) is 5.39 Å². The van der Waals surface area contributed by atoms with E-state index in [2.05, 4.69) is 22.4 Å². The second-order valence-electron chi connectivity index (χ2n) is 2.63. The number of anilines is 1. The molecule has 2 rings (SSSR count). The Bertz CT molecular complexity index is 396. The van der Waals surface area contributed by atoms with Crippen molar-refractivity contribution < 1.29 is 0 Å². The smallest absolute Gasteiger partial charge is 0.0933 e. The Morgan fingerprint density at radius 2 is 1.92 bits per heavy atom. The number of nitrogens with zero attached hydrogens (tertiary/aromatic N) is 1. The van der Waals surface area contributed by atoms with E-state index in [4.69, 9.17) is 0 Å². The first-order chi connectivity index (χ1) is 5.92. The number of rotatable bonds is 1. The molecule has 0 aliphatic rings. The second-order valence-corrected chi connectivity index (χ2v) is 2.63. The van der Waals surface area contributed by atoms with Crippen LogP contribution in [-0.4, -0.2) is 12.0 Å². The number of fused-ring (bicyclic) bond motifs is 1. The van der Waals surface area contributed by atoms with E-state index in [1.54, 1.807) is 0 Å². The predicted molar refractivity (Wildman–Crippen MR) is 58.5 cm³/mol. The average molecular weight is 195 g/mol. The van der Waals surface area contributed by atoms with Crippen LogP contribution in [0.5, 0.6) is 0 Å². The Morgan fingerprint density at radius 1 is 1.15 bits per heavy atom. The molecule has 0 atom stereocenters. The minimum absolute atomic E-state index is 0. The highest BCUT2D eigenvalue weighted by Crippen LogP contribution is 2.19. The number of hydrogen-bond donors (Lipinski definition) is 1. The average Bonchev–Trinajstić information content (AvgIpc) is 2.17. The van der Waals surface area contributed by atoms with Gasteiger partial charge in [-0.3, -0.25) is 4.98 Å². The second kappa shape index (κ2) is 4.10. The minimum Gasteiger partial charge on any atom is -0.386 e. The van der Waals surface area contributed by atoms with Crippen LogP contribution in [0.2, 0.25) is 0 Å². The van der Waals surface area contributed by atoms with Crippen molar-refractivity contribution in [2.75, 3.05) is 12.4 Å². The number of hydrogen-bond acceptors (Lipinski definition) is 2. The van der Waals surface area contributed by atoms with E-state index < -0.39 is 0 Å². The molecule has 0 bridgehead atoms. The number of aromatic nitrogens is 1. The third-order valence-corrected chi connectivity index (χ3v) is 1.90. The standard InChI is InChI=1S/C10H10N2.ClH/c1-11-9-6-2-4-8-5-3-7-12-10(8)9;/h2-7,11H,1H3;1H. The number of para-hydroxylation sites is 1. The minimum atomic E-state index is 0. The van der Waals surface area contributed by atoms with Gasteiger partial charge in [0.15, 0.2) is 0 Å². The van der Waals surface area contributed by atoms with Gasteiger partial charge in [0.05, 0.1) is 11.2 Å². The number of pyridine rings is 1. The van der Waals surface area contributed by atoms with Crippen molar-refractivity contribution >= 4 is 29.0 Å². The largest absolute Gasteiger partial charge is 0.386 e. The molecule has 1 N–H and O–H groups in total. The van der Waals surface area contributed by atoms with Crippen LogP contribution in [0.25, 0.3) is 10.9 Å². The molecule has 0 spiro atoms. The van der Waals surface area contributed by atoms with Gasteiger partial charge < -0.3 is 5.32 Å². The summed E-state index contributed by atoms with van der Waals surface area (Å²) in [5.74, 6) is 0. The van der Waals surface area contributed by atoms with Crippen molar-refractivity contribution in [3.05, 3.63) is 36.5 Å². The van der Waals surface area contributed by atoms with Crippen LogP contribution < -0.4 is 5.32 Å². The van der Waals surface area contributed by atoms with Crippen molar-refractivity contribution in [2.45, 2.75) is 0 Å². The highest BCUT2D eigenvalue weighted by Gasteiger charge is 1.96. The topological polar surface area (TPSA) is 24.9 Å². The zero-order valence-corrected chi connectivity index (χ0v) is 8.14. The molecule has 0 amide bonds. The summed E-state index contributed by atoms with van der Waals surface area (Å²) in [4.78, 5) is 4.29. The Balaban J connectivity index is 0.000000845. The summed E-state index contributed by atoms with van der Waals surface area (Å²) in [6.45, 7) is 0. The molecule has 0 aliphatic carbocycles. The number of benzene rings is 1. The Kier molecular flexibility index (Phi) is 3.09. The van der Waals surface area contributed by atoms with Crippen LogP contribution in [-0.2, 0) is 0 Å². The Morgan fingerprint density at radius 3 is 2.69 bits per heavy atom. The molecule has 1 aromatic carbocycles. The molecule has 0 unspecified atom stereocenters. The summed E-state index contributed by atoms with van der Waals surface area (Å²) in [7, 11) is 1.91. The van der Waals surface area contributed by atoms with Crippen LogP contribution in [0.3, 0.4) is 0 Å². The molecular formula is C10H11ClN2. The molecule has 68 valence electrons. The molecule has 0 fully saturated rings. The van der Waals surface area contributed by atoms with Gasteiger partial charge in [-0.05, 0) is 12.1 Å². The molecule has 0 radical (unpaired) electrons. The molecule has 2 nitrogen and oxygen atoms in total. The predicted octanol–water partition coefficient (Wildman–Crippen LogP) is 2.70. The maximum Gasteiger partial charge on any atom is 0.0933 e. The molecular weight excluding hydrogens is 184 g/mol. The summed E-state index contributed by atoms with van der Waals surface area (Å²) >= 11 is 0. The third-order valence-electron chi connectivity index (χ3n) is 1.90. The molecule has 0 saturated carbocycles. The molecule has 1 aromatic heterocycles. The molecule has 13 heavy (non-hydrogen) atoms. The lowest BCUT2D eigenvalue weighted by atomic mass is 10.2. The van der Waals surface area contributed by atoms with Crippen LogP contribution in [0.1, 0.15) is 0 Å². The highest BCUT2D eigenvalue weighted by atomic mass is 35.5. The molecule has 2 aromatic rings. The van der Waals surface area contributed by atoms with Crippen molar-refractivity contribution in [1.82, 2.24) is 4.98 Å².